The number of hydrogen-bond acceptors (Lipinski definition) is 3. The number of hydrogen-bond donors (Lipinski definition) is 4. The van der Waals surface area contributed by atoms with E-state index in [4.69, 9.17) is 5.11 Å². The fourth-order valence-electron chi connectivity index (χ4n) is 2.47. The second-order valence-corrected chi connectivity index (χ2v) is 5.11. The summed E-state index contributed by atoms with van der Waals surface area (Å²) in [5, 5.41) is 16.8. The minimum absolute atomic E-state index is 0.0296. The van der Waals surface area contributed by atoms with Crippen molar-refractivity contribution < 1.29 is 19.5 Å². The third kappa shape index (κ3) is 4.71. The molecule has 4 N–H and O–H groups in total. The van der Waals surface area contributed by atoms with E-state index in [0.29, 0.717) is 19.5 Å². The van der Waals surface area contributed by atoms with Crippen molar-refractivity contribution >= 4 is 17.9 Å². The molecule has 3 atom stereocenters. The highest BCUT2D eigenvalue weighted by atomic mass is 16.4. The monoisotopic (exact) mass is 285 g/mol. The van der Waals surface area contributed by atoms with Crippen molar-refractivity contribution in [2.75, 3.05) is 13.1 Å². The third-order valence-corrected chi connectivity index (χ3v) is 3.59. The van der Waals surface area contributed by atoms with Crippen LogP contribution in [0.1, 0.15) is 33.1 Å². The summed E-state index contributed by atoms with van der Waals surface area (Å²) in [7, 11) is 0. The second kappa shape index (κ2) is 7.72. The average Bonchev–Trinajstić information content (AvgIpc) is 2.85. The Hall–Kier alpha value is -1.79. The molecule has 1 saturated carbocycles. The van der Waals surface area contributed by atoms with Crippen molar-refractivity contribution in [1.29, 1.82) is 0 Å². The molecule has 0 radical (unpaired) electrons. The van der Waals surface area contributed by atoms with Crippen LogP contribution in [0.5, 0.6) is 0 Å². The average molecular weight is 285 g/mol. The van der Waals surface area contributed by atoms with Crippen LogP contribution < -0.4 is 16.0 Å². The van der Waals surface area contributed by atoms with Crippen LogP contribution in [0.4, 0.5) is 4.79 Å². The van der Waals surface area contributed by atoms with Gasteiger partial charge in [0.25, 0.3) is 0 Å². The van der Waals surface area contributed by atoms with Crippen LogP contribution in [0.2, 0.25) is 0 Å². The Bertz CT molecular complexity index is 373. The molecular weight excluding hydrogens is 262 g/mol. The van der Waals surface area contributed by atoms with Crippen LogP contribution in [0.15, 0.2) is 0 Å². The zero-order valence-corrected chi connectivity index (χ0v) is 11.9. The van der Waals surface area contributed by atoms with Gasteiger partial charge >= 0.3 is 12.0 Å². The summed E-state index contributed by atoms with van der Waals surface area (Å²) in [6.07, 6.45) is 2.35. The molecule has 1 aliphatic carbocycles. The Morgan fingerprint density at radius 3 is 2.55 bits per heavy atom. The quantitative estimate of drug-likeness (QED) is 0.563. The lowest BCUT2D eigenvalue weighted by atomic mass is 9.96. The summed E-state index contributed by atoms with van der Waals surface area (Å²) >= 11 is 0. The SMILES string of the molecule is CCNC(=O)C(C)NC(=O)NCC1CCCC1C(=O)O. The number of amides is 3. The lowest BCUT2D eigenvalue weighted by molar-refractivity contribution is -0.142. The Kier molecular flexibility index (Phi) is 6.27. The maximum Gasteiger partial charge on any atom is 0.315 e. The minimum Gasteiger partial charge on any atom is -0.481 e. The second-order valence-electron chi connectivity index (χ2n) is 5.11. The maximum atomic E-state index is 11.6. The summed E-state index contributed by atoms with van der Waals surface area (Å²) < 4.78 is 0. The first-order valence-electron chi connectivity index (χ1n) is 7.00. The molecule has 0 bridgehead atoms. The molecule has 0 spiro atoms. The van der Waals surface area contributed by atoms with Gasteiger partial charge in [0, 0.05) is 13.1 Å². The van der Waals surface area contributed by atoms with Gasteiger partial charge in [-0.05, 0) is 32.6 Å². The van der Waals surface area contributed by atoms with Gasteiger partial charge in [0.05, 0.1) is 5.92 Å². The fraction of sp³-hybridized carbons (Fsp3) is 0.769. The number of nitrogens with one attached hydrogen (secondary N) is 3. The number of aliphatic carboxylic acids is 1. The molecule has 0 aromatic rings. The molecule has 1 aliphatic rings. The summed E-state index contributed by atoms with van der Waals surface area (Å²) in [5.41, 5.74) is 0. The molecule has 1 fully saturated rings. The number of carbonyl (C=O) groups excluding carboxylic acids is 2. The normalized spacial score (nSPS) is 22.9. The predicted molar refractivity (Wildman–Crippen MR) is 73.1 cm³/mol. The Labute approximate surface area is 118 Å². The van der Waals surface area contributed by atoms with Gasteiger partial charge in [-0.25, -0.2) is 4.79 Å². The van der Waals surface area contributed by atoms with Gasteiger partial charge in [-0.1, -0.05) is 6.42 Å². The first-order chi connectivity index (χ1) is 9.45. The molecule has 1 rings (SSSR count). The van der Waals surface area contributed by atoms with Crippen LogP contribution in [0.3, 0.4) is 0 Å². The van der Waals surface area contributed by atoms with E-state index in [1.165, 1.54) is 0 Å². The van der Waals surface area contributed by atoms with Gasteiger partial charge in [0.2, 0.25) is 5.91 Å². The summed E-state index contributed by atoms with van der Waals surface area (Å²) in [6.45, 7) is 4.23. The molecule has 20 heavy (non-hydrogen) atoms. The Balaban J connectivity index is 2.32. The van der Waals surface area contributed by atoms with E-state index in [0.717, 1.165) is 12.8 Å². The zero-order chi connectivity index (χ0) is 15.1. The van der Waals surface area contributed by atoms with Crippen molar-refractivity contribution in [2.24, 2.45) is 11.8 Å². The lowest BCUT2D eigenvalue weighted by Gasteiger charge is -2.18. The topological polar surface area (TPSA) is 108 Å². The third-order valence-electron chi connectivity index (χ3n) is 3.59. The van der Waals surface area contributed by atoms with Gasteiger partial charge in [-0.2, -0.15) is 0 Å². The minimum atomic E-state index is -0.801. The zero-order valence-electron chi connectivity index (χ0n) is 11.9. The van der Waals surface area contributed by atoms with Crippen LogP contribution in [-0.2, 0) is 9.59 Å². The van der Waals surface area contributed by atoms with Gasteiger partial charge in [0.15, 0.2) is 0 Å². The Morgan fingerprint density at radius 2 is 1.95 bits per heavy atom. The molecule has 7 nitrogen and oxygen atoms in total. The molecule has 7 heteroatoms. The number of carboxylic acids is 1. The molecule has 0 aromatic carbocycles. The van der Waals surface area contributed by atoms with Crippen LogP contribution in [0.25, 0.3) is 0 Å². The van der Waals surface area contributed by atoms with Crippen molar-refractivity contribution in [2.45, 2.75) is 39.2 Å². The molecule has 0 saturated heterocycles. The van der Waals surface area contributed by atoms with Crippen LogP contribution in [0, 0.1) is 11.8 Å². The molecule has 3 unspecified atom stereocenters. The number of urea groups is 1. The highest BCUT2D eigenvalue weighted by Crippen LogP contribution is 2.31. The van der Waals surface area contributed by atoms with Gasteiger partial charge < -0.3 is 21.1 Å². The standard InChI is InChI=1S/C13H23N3O4/c1-3-14-11(17)8(2)16-13(20)15-7-9-5-4-6-10(9)12(18)19/h8-10H,3-7H2,1-2H3,(H,14,17)(H,18,19)(H2,15,16,20). The van der Waals surface area contributed by atoms with Gasteiger partial charge in [-0.15, -0.1) is 0 Å². The van der Waals surface area contributed by atoms with Gasteiger partial charge in [-0.3, -0.25) is 9.59 Å². The number of likely N-dealkylation sites (N-methyl/N-ethyl adjacent to an activating group) is 1. The number of carbonyl (C=O) groups is 3. The van der Waals surface area contributed by atoms with E-state index >= 15 is 0 Å². The Morgan fingerprint density at radius 1 is 1.25 bits per heavy atom. The van der Waals surface area contributed by atoms with Crippen LogP contribution >= 0.6 is 0 Å². The lowest BCUT2D eigenvalue weighted by Crippen LogP contribution is -2.49. The van der Waals surface area contributed by atoms with Gasteiger partial charge in [0.1, 0.15) is 6.04 Å². The molecule has 0 aromatic heterocycles. The maximum absolute atomic E-state index is 11.6. The predicted octanol–water partition coefficient (Wildman–Crippen LogP) is 0.311. The van der Waals surface area contributed by atoms with E-state index in [1.807, 2.05) is 0 Å². The van der Waals surface area contributed by atoms with Crippen molar-refractivity contribution in [1.82, 2.24) is 16.0 Å². The highest BCUT2D eigenvalue weighted by molar-refractivity contribution is 5.86. The fourth-order valence-corrected chi connectivity index (χ4v) is 2.47. The number of carboxylic acid groups (broad SMARTS) is 1. The first kappa shape index (κ1) is 16.3. The molecular formula is C13H23N3O4. The largest absolute Gasteiger partial charge is 0.481 e. The van der Waals surface area contributed by atoms with E-state index in [9.17, 15) is 14.4 Å². The molecule has 0 heterocycles. The van der Waals surface area contributed by atoms with Crippen molar-refractivity contribution in [3.05, 3.63) is 0 Å². The van der Waals surface area contributed by atoms with E-state index in [2.05, 4.69) is 16.0 Å². The summed E-state index contributed by atoms with van der Waals surface area (Å²) in [6, 6.07) is -1.06. The molecule has 3 amide bonds. The summed E-state index contributed by atoms with van der Waals surface area (Å²) in [4.78, 5) is 34.1. The smallest absolute Gasteiger partial charge is 0.315 e. The van der Waals surface area contributed by atoms with E-state index in [-0.39, 0.29) is 17.7 Å². The molecule has 114 valence electrons. The van der Waals surface area contributed by atoms with Crippen molar-refractivity contribution in [3.63, 3.8) is 0 Å². The first-order valence-corrected chi connectivity index (χ1v) is 7.00. The summed E-state index contributed by atoms with van der Waals surface area (Å²) in [5.74, 6) is -1.45. The number of rotatable bonds is 6. The molecule has 0 aliphatic heterocycles. The van der Waals surface area contributed by atoms with E-state index < -0.39 is 18.0 Å². The van der Waals surface area contributed by atoms with E-state index in [1.54, 1.807) is 13.8 Å². The van der Waals surface area contributed by atoms with Crippen molar-refractivity contribution in [3.8, 4) is 0 Å². The highest BCUT2D eigenvalue weighted by Gasteiger charge is 2.32. The van der Waals surface area contributed by atoms with Crippen LogP contribution in [-0.4, -0.2) is 42.1 Å².